The van der Waals surface area contributed by atoms with Crippen LogP contribution in [0, 0.1) is 44.5 Å². The average Bonchev–Trinajstić information content (AvgIpc) is 1.51. The molecule has 4 heteroatoms. The van der Waals surface area contributed by atoms with E-state index in [-0.39, 0.29) is 6.04 Å². The maximum atomic E-state index is 6.49. The Kier molecular flexibility index (Phi) is 19.5. The van der Waals surface area contributed by atoms with Crippen molar-refractivity contribution in [1.82, 2.24) is 4.90 Å². The van der Waals surface area contributed by atoms with Gasteiger partial charge in [-0.2, -0.15) is 0 Å². The molecule has 3 unspecified atom stereocenters. The van der Waals surface area contributed by atoms with Crippen molar-refractivity contribution in [2.75, 3.05) is 27.8 Å². The van der Waals surface area contributed by atoms with Crippen LogP contribution in [-0.4, -0.2) is 30.1 Å². The molecule has 4 nitrogen and oxygen atoms in total. The lowest BCUT2D eigenvalue weighted by molar-refractivity contribution is 0.471. The number of nitrogens with zero attached hydrogens (tertiary/aromatic N) is 4. The number of terminal acetylenes is 2. The summed E-state index contributed by atoms with van der Waals surface area (Å²) in [6.07, 6.45) is 73.4. The molecule has 0 fully saturated rings. The van der Waals surface area contributed by atoms with Gasteiger partial charge in [0.25, 0.3) is 0 Å². The first-order chi connectivity index (χ1) is 43.1. The molecule has 1 spiro atoms. The van der Waals surface area contributed by atoms with Crippen LogP contribution in [-0.2, 0) is 5.41 Å². The van der Waals surface area contributed by atoms with Gasteiger partial charge in [-0.25, -0.2) is 0 Å². The fraction of sp³-hybridized carbons (Fsp3) is 0.143. The molecule has 10 rings (SSSR count). The minimum Gasteiger partial charge on any atom is -0.338 e. The maximum Gasteiger partial charge on any atom is 0.114 e. The molecule has 0 saturated heterocycles. The van der Waals surface area contributed by atoms with Crippen LogP contribution in [0.3, 0.4) is 0 Å². The van der Waals surface area contributed by atoms with Crippen molar-refractivity contribution >= 4 is 34.0 Å². The van der Waals surface area contributed by atoms with Crippen molar-refractivity contribution in [3.63, 3.8) is 0 Å². The Hall–Kier alpha value is -10.7. The van der Waals surface area contributed by atoms with Crippen LogP contribution in [0.1, 0.15) is 60.6 Å². The molecule has 432 valence electrons. The van der Waals surface area contributed by atoms with Crippen LogP contribution >= 0.6 is 0 Å². The van der Waals surface area contributed by atoms with Gasteiger partial charge in [-0.3, -0.25) is 0 Å². The summed E-state index contributed by atoms with van der Waals surface area (Å²) in [6, 6.07) is 38.5. The molecule has 0 aliphatic heterocycles. The highest BCUT2D eigenvalue weighted by molar-refractivity contribution is 6.00. The van der Waals surface area contributed by atoms with Gasteiger partial charge in [-0.05, 0) is 193 Å². The number of aryl methyl sites for hydroxylation is 2. The van der Waals surface area contributed by atoms with Gasteiger partial charge in [0.2, 0.25) is 0 Å². The van der Waals surface area contributed by atoms with Crippen LogP contribution in [0.15, 0.2) is 327 Å². The highest BCUT2D eigenvalue weighted by Gasteiger charge is 2.53. The molecule has 0 amide bonds. The van der Waals surface area contributed by atoms with E-state index < -0.39 is 11.5 Å². The van der Waals surface area contributed by atoms with E-state index in [4.69, 9.17) is 12.8 Å². The molecule has 5 aromatic carbocycles. The fourth-order valence-electron chi connectivity index (χ4n) is 12.2. The first-order valence-electron chi connectivity index (χ1n) is 30.3. The Bertz CT molecular complexity index is 4180. The summed E-state index contributed by atoms with van der Waals surface area (Å²) in [5.41, 5.74) is 26.6. The summed E-state index contributed by atoms with van der Waals surface area (Å²) >= 11 is 0. The SMILES string of the molecule is C#C/C=C\C=C/CN(c1cccc(C)c1)c1ccc2c(c1)C1(C3=C(C=CC(N(/C=C\C=C/C=C)C(C#C)/C=C\C=C(C)C)=C=C3)c3ccc(N(c4cccc(C)c4)C4C=CC=CC=C4)cc31)c1cc(N(C/C=C\C=C/C=C)C3=CC(C)CC=C=C3)ccc1-2. The van der Waals surface area contributed by atoms with E-state index in [1.807, 2.05) is 54.8 Å². The van der Waals surface area contributed by atoms with Crippen molar-refractivity contribution in [1.29, 1.82) is 0 Å². The van der Waals surface area contributed by atoms with Crippen molar-refractivity contribution in [2.24, 2.45) is 5.92 Å². The van der Waals surface area contributed by atoms with Gasteiger partial charge in [0, 0.05) is 59.5 Å². The lowest BCUT2D eigenvalue weighted by Crippen LogP contribution is -2.30. The Morgan fingerprint density at radius 1 is 0.659 bits per heavy atom. The normalized spacial score (nSPS) is 17.6. The van der Waals surface area contributed by atoms with Gasteiger partial charge in [0.1, 0.15) is 6.04 Å². The number of benzene rings is 5. The van der Waals surface area contributed by atoms with E-state index in [0.29, 0.717) is 19.0 Å². The second-order valence-corrected chi connectivity index (χ2v) is 22.6. The predicted molar refractivity (Wildman–Crippen MR) is 378 cm³/mol. The highest BCUT2D eigenvalue weighted by atomic mass is 15.2. The van der Waals surface area contributed by atoms with E-state index in [2.05, 4.69) is 297 Å². The molecular weight excluding hydrogens is 1060 g/mol. The Morgan fingerprint density at radius 3 is 1.94 bits per heavy atom. The second kappa shape index (κ2) is 28.5. The van der Waals surface area contributed by atoms with Crippen molar-refractivity contribution in [3.05, 3.63) is 360 Å². The summed E-state index contributed by atoms with van der Waals surface area (Å²) in [5.74, 6) is 6.04. The van der Waals surface area contributed by atoms with Gasteiger partial charge in [0.15, 0.2) is 0 Å². The molecule has 0 aromatic heterocycles. The van der Waals surface area contributed by atoms with Crippen LogP contribution in [0.4, 0.5) is 28.4 Å². The second-order valence-electron chi connectivity index (χ2n) is 22.6. The Balaban J connectivity index is 1.31. The zero-order valence-electron chi connectivity index (χ0n) is 51.3. The topological polar surface area (TPSA) is 13.0 Å². The van der Waals surface area contributed by atoms with E-state index in [9.17, 15) is 0 Å². The Labute approximate surface area is 524 Å². The van der Waals surface area contributed by atoms with Crippen molar-refractivity contribution < 1.29 is 0 Å². The van der Waals surface area contributed by atoms with Crippen LogP contribution < -0.4 is 14.7 Å². The van der Waals surface area contributed by atoms with E-state index in [1.54, 1.807) is 18.2 Å². The first kappa shape index (κ1) is 60.4. The fourth-order valence-corrected chi connectivity index (χ4v) is 12.2. The minimum absolute atomic E-state index is 0.0911. The number of fused-ring (bicyclic) bond motifs is 9. The number of hydrogen-bond acceptors (Lipinski definition) is 4. The molecule has 0 N–H and O–H groups in total. The molecule has 0 bridgehead atoms. The highest BCUT2D eigenvalue weighted by Crippen LogP contribution is 2.64. The smallest absolute Gasteiger partial charge is 0.114 e. The standard InChI is InChI=1S/C84H76N4/c1-10-14-17-22-29-55-86(70-40-27-26-35-64(7)57-70)72-45-50-78-79-51-46-73(87(56-30-23-18-15-11-2)71-42-32-36-65(8)58-71)61-82(79)84(81(78)60-72)80-53-48-68(85(54-28-19-16-12-3)67(13-4)41-31-34-63(5)6)44-49-76(80)77-52-47-75(62-83(77)84)88(69-38-24-20-21-25-39-69)74-43-33-37-66(9)59-74/h2,4,10,12,14-26,28-34,36-47,49-54,57-62,64,67,69H,1,3,35,55-56H2,5-9H3/b17-14-,18-15-,19-16-,29-22-,30-23-,41-31-,54-28-. The summed E-state index contributed by atoms with van der Waals surface area (Å²) < 4.78 is 0. The predicted octanol–water partition coefficient (Wildman–Crippen LogP) is 19.9. The first-order valence-corrected chi connectivity index (χ1v) is 30.3. The minimum atomic E-state index is -0.903. The van der Waals surface area contributed by atoms with E-state index in [1.165, 1.54) is 33.4 Å². The van der Waals surface area contributed by atoms with Gasteiger partial charge >= 0.3 is 0 Å². The number of allylic oxidation sites excluding steroid dienone is 24. The largest absolute Gasteiger partial charge is 0.338 e. The third-order valence-corrected chi connectivity index (χ3v) is 16.2. The molecule has 5 aliphatic carbocycles. The monoisotopic (exact) mass is 1140 g/mol. The molecule has 0 heterocycles. The summed E-state index contributed by atoms with van der Waals surface area (Å²) in [6.45, 7) is 19.8. The van der Waals surface area contributed by atoms with Gasteiger partial charge in [-0.15, -0.1) is 18.6 Å². The molecule has 0 radical (unpaired) electrons. The summed E-state index contributed by atoms with van der Waals surface area (Å²) in [7, 11) is 0. The van der Waals surface area contributed by atoms with Crippen LogP contribution in [0.2, 0.25) is 0 Å². The van der Waals surface area contributed by atoms with Crippen LogP contribution in [0.25, 0.3) is 16.7 Å². The molecule has 3 atom stereocenters. The van der Waals surface area contributed by atoms with Crippen molar-refractivity contribution in [2.45, 2.75) is 58.5 Å². The summed E-state index contributed by atoms with van der Waals surface area (Å²) in [5, 5.41) is 0. The number of anilines is 5. The molecule has 88 heavy (non-hydrogen) atoms. The van der Waals surface area contributed by atoms with Gasteiger partial charge < -0.3 is 19.6 Å². The third-order valence-electron chi connectivity index (χ3n) is 16.2. The van der Waals surface area contributed by atoms with E-state index in [0.717, 1.165) is 74.1 Å². The van der Waals surface area contributed by atoms with E-state index >= 15 is 0 Å². The molecule has 5 aromatic rings. The number of hydrogen-bond donors (Lipinski definition) is 0. The maximum absolute atomic E-state index is 6.49. The third kappa shape index (κ3) is 13.1. The van der Waals surface area contributed by atoms with Gasteiger partial charge in [0.05, 0.1) is 17.2 Å². The number of rotatable bonds is 21. The average molecular weight is 1140 g/mol. The molecule has 5 aliphatic rings. The van der Waals surface area contributed by atoms with Gasteiger partial charge in [-0.1, -0.05) is 213 Å². The van der Waals surface area contributed by atoms with Crippen LogP contribution in [0.5, 0.6) is 0 Å². The zero-order valence-corrected chi connectivity index (χ0v) is 51.3. The molecule has 0 saturated carbocycles. The Morgan fingerprint density at radius 2 is 1.26 bits per heavy atom. The zero-order chi connectivity index (χ0) is 61.4. The quantitative estimate of drug-likeness (QED) is 0.0412. The molecular formula is C84H76N4. The van der Waals surface area contributed by atoms with Crippen molar-refractivity contribution in [3.8, 4) is 35.8 Å². The summed E-state index contributed by atoms with van der Waals surface area (Å²) in [4.78, 5) is 9.42. The lowest BCUT2D eigenvalue weighted by Gasteiger charge is -2.35. The lowest BCUT2D eigenvalue weighted by atomic mass is 9.69.